The normalized spacial score (nSPS) is 15.8. The summed E-state index contributed by atoms with van der Waals surface area (Å²) in [6, 6.07) is 8.49. The number of anilines is 2. The lowest BCUT2D eigenvalue weighted by Gasteiger charge is -2.26. The molecule has 0 spiro atoms. The number of rotatable bonds is 10. The third-order valence-corrected chi connectivity index (χ3v) is 7.71. The summed E-state index contributed by atoms with van der Waals surface area (Å²) in [5.74, 6) is -0.819. The molecule has 0 atom stereocenters. The molecule has 2 N–H and O–H groups in total. The Hall–Kier alpha value is -3.18. The number of ether oxygens (including phenoxy) is 2. The Bertz CT molecular complexity index is 1400. The molecule has 0 amide bonds. The molecule has 0 radical (unpaired) electrons. The fraction of sp³-hybridized carbons (Fsp3) is 0.435. The summed E-state index contributed by atoms with van der Waals surface area (Å²) in [5, 5.41) is 12.4. The second-order valence-corrected chi connectivity index (χ2v) is 10.6. The van der Waals surface area contributed by atoms with E-state index in [0.717, 1.165) is 11.3 Å². The molecule has 1 saturated heterocycles. The molecule has 1 aromatic carbocycles. The van der Waals surface area contributed by atoms with Crippen molar-refractivity contribution >= 4 is 50.5 Å². The molecule has 1 aliphatic rings. The smallest absolute Gasteiger partial charge is 0.351 e. The molecule has 0 saturated carbocycles. The minimum atomic E-state index is -3.55. The molecule has 11 nitrogen and oxygen atoms in total. The van der Waals surface area contributed by atoms with E-state index in [1.807, 2.05) is 11.0 Å². The maximum Gasteiger partial charge on any atom is 0.351 e. The lowest BCUT2D eigenvalue weighted by atomic mass is 10.3. The maximum absolute atomic E-state index is 12.8. The molecule has 0 aliphatic carbocycles. The van der Waals surface area contributed by atoms with Gasteiger partial charge in [0, 0.05) is 38.1 Å². The number of esters is 1. The quantitative estimate of drug-likeness (QED) is 0.405. The van der Waals surface area contributed by atoms with Crippen LogP contribution in [0.5, 0.6) is 0 Å². The zero-order valence-electron chi connectivity index (χ0n) is 20.2. The van der Waals surface area contributed by atoms with Crippen LogP contribution in [0.25, 0.3) is 11.8 Å². The van der Waals surface area contributed by atoms with E-state index in [4.69, 9.17) is 9.47 Å². The number of hydrogen-bond donors (Lipinski definition) is 2. The summed E-state index contributed by atoms with van der Waals surface area (Å²) in [5.41, 5.74) is 0.349. The monoisotopic (exact) mass is 535 g/mol. The zero-order chi connectivity index (χ0) is 26.1. The molecule has 13 heteroatoms. The highest BCUT2D eigenvalue weighted by molar-refractivity contribution is 7.92. The lowest BCUT2D eigenvalue weighted by Crippen LogP contribution is -2.39. The van der Waals surface area contributed by atoms with Gasteiger partial charge in [-0.2, -0.15) is 5.26 Å². The van der Waals surface area contributed by atoms with E-state index in [1.54, 1.807) is 38.1 Å². The SMILES string of the molecule is CCOC(=O)C(C#N)=c1sc(=CNc2cccc(NS(=O)(=O)CCN3CCOCC3)c2)c(=O)n1CC. The molecule has 2 heterocycles. The average molecular weight is 536 g/mol. The van der Waals surface area contributed by atoms with E-state index < -0.39 is 16.0 Å². The molecule has 3 rings (SSSR count). The number of carbonyl (C=O) groups is 1. The predicted molar refractivity (Wildman–Crippen MR) is 138 cm³/mol. The third kappa shape index (κ3) is 7.17. The minimum Gasteiger partial charge on any atom is -0.462 e. The summed E-state index contributed by atoms with van der Waals surface area (Å²) >= 11 is 0.998. The van der Waals surface area contributed by atoms with Gasteiger partial charge in [-0.1, -0.05) is 6.07 Å². The first-order valence-electron chi connectivity index (χ1n) is 11.5. The summed E-state index contributed by atoms with van der Waals surface area (Å²) < 4.78 is 39.7. The lowest BCUT2D eigenvalue weighted by molar-refractivity contribution is -0.136. The second-order valence-electron chi connectivity index (χ2n) is 7.77. The Morgan fingerprint density at radius 3 is 2.67 bits per heavy atom. The number of morpholine rings is 1. The average Bonchev–Trinajstić information content (AvgIpc) is 3.17. The van der Waals surface area contributed by atoms with Crippen LogP contribution in [0.1, 0.15) is 13.8 Å². The standard InChI is InChI=1S/C23H29N5O6S2/c1-3-28-21(29)20(35-22(28)19(15-24)23(30)34-4-2)16-25-17-6-5-7-18(14-17)26-36(31,32)13-10-27-8-11-33-12-9-27/h5-7,14,16,25-26H,3-4,8-13H2,1-2H3. The van der Waals surface area contributed by atoms with E-state index in [-0.39, 0.29) is 39.2 Å². The molecule has 36 heavy (non-hydrogen) atoms. The van der Waals surface area contributed by atoms with Crippen LogP contribution >= 0.6 is 11.3 Å². The highest BCUT2D eigenvalue weighted by Crippen LogP contribution is 2.16. The van der Waals surface area contributed by atoms with Gasteiger partial charge in [0.25, 0.3) is 5.56 Å². The van der Waals surface area contributed by atoms with Crippen molar-refractivity contribution in [1.29, 1.82) is 5.26 Å². The number of nitrogens with one attached hydrogen (secondary N) is 2. The zero-order valence-corrected chi connectivity index (χ0v) is 21.8. The number of thiazole rings is 1. The number of aromatic nitrogens is 1. The van der Waals surface area contributed by atoms with Crippen molar-refractivity contribution in [3.05, 3.63) is 43.8 Å². The van der Waals surface area contributed by atoms with E-state index in [1.165, 1.54) is 10.8 Å². The van der Waals surface area contributed by atoms with E-state index in [2.05, 4.69) is 10.0 Å². The van der Waals surface area contributed by atoms with Crippen LogP contribution in [0.15, 0.2) is 29.1 Å². The Morgan fingerprint density at radius 1 is 1.28 bits per heavy atom. The molecule has 1 aliphatic heterocycles. The summed E-state index contributed by atoms with van der Waals surface area (Å²) in [6.45, 7) is 6.80. The van der Waals surface area contributed by atoms with Gasteiger partial charge < -0.3 is 14.8 Å². The topological polar surface area (TPSA) is 143 Å². The van der Waals surface area contributed by atoms with Crippen molar-refractivity contribution in [2.75, 3.05) is 55.2 Å². The van der Waals surface area contributed by atoms with Gasteiger partial charge in [0.05, 0.1) is 31.3 Å². The number of nitrogens with zero attached hydrogens (tertiary/aromatic N) is 3. The van der Waals surface area contributed by atoms with Gasteiger partial charge in [-0.05, 0) is 32.0 Å². The molecule has 194 valence electrons. The number of sulfonamides is 1. The molecule has 0 unspecified atom stereocenters. The van der Waals surface area contributed by atoms with Gasteiger partial charge >= 0.3 is 5.97 Å². The Balaban J connectivity index is 1.79. The maximum atomic E-state index is 12.8. The Kier molecular flexibility index (Phi) is 9.65. The number of hydrogen-bond acceptors (Lipinski definition) is 10. The first-order chi connectivity index (χ1) is 17.3. The minimum absolute atomic E-state index is 0.0382. The summed E-state index contributed by atoms with van der Waals surface area (Å²) in [7, 11) is -3.55. The van der Waals surface area contributed by atoms with Gasteiger partial charge in [-0.25, -0.2) is 13.2 Å². The van der Waals surface area contributed by atoms with Gasteiger partial charge in [0.15, 0.2) is 5.57 Å². The number of carbonyl (C=O) groups excluding carboxylic acids is 1. The van der Waals surface area contributed by atoms with Crippen molar-refractivity contribution in [3.8, 4) is 6.07 Å². The van der Waals surface area contributed by atoms with Gasteiger partial charge in [0.1, 0.15) is 15.3 Å². The van der Waals surface area contributed by atoms with Crippen LogP contribution in [-0.2, 0) is 30.8 Å². The third-order valence-electron chi connectivity index (χ3n) is 5.31. The summed E-state index contributed by atoms with van der Waals surface area (Å²) in [4.78, 5) is 27.0. The van der Waals surface area contributed by atoms with Gasteiger partial charge in [-0.15, -0.1) is 11.3 Å². The molecule has 1 aromatic heterocycles. The van der Waals surface area contributed by atoms with Crippen molar-refractivity contribution in [3.63, 3.8) is 0 Å². The molecular weight excluding hydrogens is 506 g/mol. The highest BCUT2D eigenvalue weighted by Gasteiger charge is 2.17. The van der Waals surface area contributed by atoms with Crippen molar-refractivity contribution in [2.45, 2.75) is 20.4 Å². The predicted octanol–water partition coefficient (Wildman–Crippen LogP) is 0.0911. The van der Waals surface area contributed by atoms with Crippen LogP contribution in [0.4, 0.5) is 11.4 Å². The molecular formula is C23H29N5O6S2. The number of benzene rings is 1. The van der Waals surface area contributed by atoms with Crippen molar-refractivity contribution in [1.82, 2.24) is 9.47 Å². The number of nitriles is 1. The first-order valence-corrected chi connectivity index (χ1v) is 13.9. The largest absolute Gasteiger partial charge is 0.462 e. The van der Waals surface area contributed by atoms with Crippen LogP contribution < -0.4 is 24.8 Å². The van der Waals surface area contributed by atoms with Gasteiger partial charge in [0.2, 0.25) is 10.0 Å². The molecule has 1 fully saturated rings. The first kappa shape index (κ1) is 27.4. The van der Waals surface area contributed by atoms with Crippen molar-refractivity contribution < 1.29 is 22.7 Å². The fourth-order valence-corrected chi connectivity index (χ4v) is 5.67. The van der Waals surface area contributed by atoms with Gasteiger partial charge in [-0.3, -0.25) is 19.0 Å². The molecule has 0 bridgehead atoms. The highest BCUT2D eigenvalue weighted by atomic mass is 32.2. The van der Waals surface area contributed by atoms with Crippen LogP contribution in [-0.4, -0.2) is 69.1 Å². The van der Waals surface area contributed by atoms with E-state index in [9.17, 15) is 23.3 Å². The van der Waals surface area contributed by atoms with E-state index >= 15 is 0 Å². The van der Waals surface area contributed by atoms with Crippen molar-refractivity contribution in [2.24, 2.45) is 0 Å². The fourth-order valence-electron chi connectivity index (χ4n) is 3.50. The summed E-state index contributed by atoms with van der Waals surface area (Å²) in [6.07, 6.45) is 1.47. The Morgan fingerprint density at radius 2 is 2.00 bits per heavy atom. The van der Waals surface area contributed by atoms with Crippen LogP contribution in [0.2, 0.25) is 0 Å². The molecule has 2 aromatic rings. The van der Waals surface area contributed by atoms with E-state index in [0.29, 0.717) is 44.2 Å². The van der Waals surface area contributed by atoms with Crippen LogP contribution in [0, 0.1) is 11.3 Å². The second kappa shape index (κ2) is 12.7. The Labute approximate surface area is 213 Å². The van der Waals surface area contributed by atoms with Crippen LogP contribution in [0.3, 0.4) is 0 Å².